The molecule has 119 heavy (non-hydrogen) atoms. The molecule has 0 aliphatic carbocycles. The Bertz CT molecular complexity index is 1790. The first-order valence-electron chi connectivity index (χ1n) is 56.9. The number of unbranched alkanes of at least 4 members (excludes halogenated alkanes) is 81. The monoisotopic (exact) mass is 1740 g/mol. The zero-order valence-electron chi connectivity index (χ0n) is 84.5. The van der Waals surface area contributed by atoms with Gasteiger partial charge in [-0.25, -0.2) is 0 Å². The second kappa shape index (κ2) is 95.8. The van der Waals surface area contributed by atoms with Crippen molar-refractivity contribution in [2.75, 3.05) is 0 Å². The van der Waals surface area contributed by atoms with E-state index in [1.165, 1.54) is 583 Å². The van der Waals surface area contributed by atoms with Crippen LogP contribution in [0.2, 0.25) is 54.4 Å². The lowest BCUT2D eigenvalue weighted by Crippen LogP contribution is -2.63. The Kier molecular flexibility index (Phi) is 96.0. The SMILES string of the molecule is CCCCCCCCCCCC[Si](CCCCCCCCCCCC)(CCCCCCCCCCCC)O[Si](CCCCCCCCCCCC)(CCCCCCCCCCCC)O[Si](CCCCCCCCCCCC)(CCCCCCCCCCCC)O[Si](CCCCCCCCCCCC)(CCCCCCCCCCCC)OC(C)=O. The molecule has 0 aliphatic rings. The molecular weight excluding hydrogens is 1510 g/mol. The van der Waals surface area contributed by atoms with Crippen molar-refractivity contribution in [2.24, 2.45) is 0 Å². The molecule has 0 spiro atoms. The van der Waals surface area contributed by atoms with Gasteiger partial charge in [-0.3, -0.25) is 4.79 Å². The number of hydrogen-bond acceptors (Lipinski definition) is 5. The molecule has 0 bridgehead atoms. The topological polar surface area (TPSA) is 54.0 Å². The van der Waals surface area contributed by atoms with Gasteiger partial charge in [-0.15, -0.1) is 0 Å². The highest BCUT2D eigenvalue weighted by Gasteiger charge is 2.56. The molecule has 0 aromatic rings. The molecule has 0 unspecified atom stereocenters. The molecule has 0 fully saturated rings. The van der Waals surface area contributed by atoms with Crippen LogP contribution in [-0.2, 0) is 21.6 Å². The Hall–Kier alpha value is 0.218. The van der Waals surface area contributed by atoms with Crippen molar-refractivity contribution in [3.63, 3.8) is 0 Å². The molecule has 9 heteroatoms. The zero-order valence-corrected chi connectivity index (χ0v) is 88.5. The van der Waals surface area contributed by atoms with Crippen LogP contribution in [0, 0.1) is 0 Å². The first-order valence-corrected chi connectivity index (χ1v) is 66.1. The summed E-state index contributed by atoms with van der Waals surface area (Å²) in [4.78, 5) is 14.7. The fourth-order valence-corrected chi connectivity index (χ4v) is 44.8. The molecule has 0 amide bonds. The molecule has 0 atom stereocenters. The van der Waals surface area contributed by atoms with Crippen LogP contribution in [0.5, 0.6) is 0 Å². The van der Waals surface area contributed by atoms with Crippen molar-refractivity contribution in [1.29, 1.82) is 0 Å². The molecule has 0 aromatic heterocycles. The highest BCUT2D eigenvalue weighted by atomic mass is 28.5. The number of rotatable bonds is 106. The van der Waals surface area contributed by atoms with E-state index in [9.17, 15) is 13.0 Å². The average molecular weight is 1740 g/mol. The maximum absolute atomic E-state index is 14.7. The minimum atomic E-state index is -3.26. The maximum Gasteiger partial charge on any atom is 0.392 e. The smallest absolute Gasteiger partial charge is 0.392 e. The van der Waals surface area contributed by atoms with Crippen molar-refractivity contribution in [2.45, 2.75) is 702 Å². The van der Waals surface area contributed by atoms with Gasteiger partial charge in [0.05, 0.1) is 0 Å². The summed E-state index contributed by atoms with van der Waals surface area (Å²) in [6, 6.07) is 10.4. The van der Waals surface area contributed by atoms with Crippen LogP contribution in [0.4, 0.5) is 0 Å². The quantitative estimate of drug-likeness (QED) is 0.0449. The molecular formula is C110H228O5Si4. The molecule has 714 valence electrons. The van der Waals surface area contributed by atoms with Gasteiger partial charge in [-0.2, -0.15) is 0 Å². The fourth-order valence-electron chi connectivity index (χ4n) is 20.0. The molecule has 5 nitrogen and oxygen atoms in total. The summed E-state index contributed by atoms with van der Waals surface area (Å²) < 4.78 is 35.4. The van der Waals surface area contributed by atoms with Crippen LogP contribution in [0.1, 0.15) is 647 Å². The second-order valence-corrected chi connectivity index (χ2v) is 55.2. The van der Waals surface area contributed by atoms with Crippen LogP contribution in [0.15, 0.2) is 0 Å². The summed E-state index contributed by atoms with van der Waals surface area (Å²) in [6.45, 7) is 23.1. The van der Waals surface area contributed by atoms with Gasteiger partial charge in [0, 0.05) is 19.0 Å². The Morgan fingerprint density at radius 2 is 0.252 bits per heavy atom. The minimum absolute atomic E-state index is 0.0667. The Morgan fingerprint density at radius 3 is 0.395 bits per heavy atom. The molecule has 0 heterocycles. The normalized spacial score (nSPS) is 12.4. The van der Waals surface area contributed by atoms with E-state index in [1.54, 1.807) is 6.92 Å². The summed E-state index contributed by atoms with van der Waals surface area (Å²) in [5, 5.41) is 0. The number of carbonyl (C=O) groups is 1. The fraction of sp³-hybridized carbons (Fsp3) is 0.991. The highest BCUT2D eigenvalue weighted by Crippen LogP contribution is 2.45. The van der Waals surface area contributed by atoms with Crippen LogP contribution in [-0.4, -0.2) is 40.0 Å². The third-order valence-corrected chi connectivity index (χ3v) is 48.2. The lowest BCUT2D eigenvalue weighted by atomic mass is 10.1. The summed E-state index contributed by atoms with van der Waals surface area (Å²) in [6.07, 6.45) is 122. The molecule has 0 saturated carbocycles. The molecule has 0 aliphatic heterocycles. The molecule has 0 radical (unpaired) electrons. The zero-order chi connectivity index (χ0) is 86.4. The van der Waals surface area contributed by atoms with E-state index in [4.69, 9.17) is 8.54 Å². The Labute approximate surface area is 758 Å². The van der Waals surface area contributed by atoms with Gasteiger partial charge in [-0.05, 0) is 42.3 Å². The third-order valence-electron chi connectivity index (χ3n) is 27.9. The average Bonchev–Trinajstić information content (AvgIpc) is 0.771. The number of hydrogen-bond donors (Lipinski definition) is 0. The molecule has 0 saturated heterocycles. The van der Waals surface area contributed by atoms with Crippen molar-refractivity contribution < 1.29 is 21.6 Å². The summed E-state index contributed by atoms with van der Waals surface area (Å²) >= 11 is 0. The van der Waals surface area contributed by atoms with Gasteiger partial charge in [-0.1, -0.05) is 640 Å². The van der Waals surface area contributed by atoms with E-state index in [0.29, 0.717) is 0 Å². The van der Waals surface area contributed by atoms with E-state index in [-0.39, 0.29) is 5.97 Å². The Balaban J connectivity index is 9.34. The predicted octanol–water partition coefficient (Wildman–Crippen LogP) is 42.2. The van der Waals surface area contributed by atoms with Gasteiger partial charge in [0.15, 0.2) is 8.32 Å². The van der Waals surface area contributed by atoms with Crippen molar-refractivity contribution >= 4 is 40.0 Å². The third kappa shape index (κ3) is 81.2. The standard InChI is InChI=1S/C110H228O5Si4/c1-11-20-29-38-47-56-65-74-83-92-101-116(102-93-84-75-66-57-48-39-30-21-12-2,103-94-85-76-67-58-49-40-31-22-13-3)113-118(106-97-88-79-70-61-52-43-34-25-16-6,107-98-89-80-71-62-53-44-35-26-17-7)115-119(108-99-90-81-72-63-54-45-36-27-18-8,109-100-91-82-73-64-55-46-37-28-19-9)114-117(112-110(10)111,104-95-86-77-68-59-50-41-32-23-14-4)105-96-87-78-69-60-51-42-33-24-15-5/h11-109H2,1-10H3. The second-order valence-electron chi connectivity index (χ2n) is 40.2. The van der Waals surface area contributed by atoms with E-state index in [1.807, 2.05) is 0 Å². The lowest BCUT2D eigenvalue weighted by molar-refractivity contribution is -0.133. The van der Waals surface area contributed by atoms with Gasteiger partial charge in [0.1, 0.15) is 0 Å². The molecule has 0 N–H and O–H groups in total. The van der Waals surface area contributed by atoms with E-state index >= 15 is 0 Å². The van der Waals surface area contributed by atoms with Gasteiger partial charge >= 0.3 is 25.7 Å². The van der Waals surface area contributed by atoms with Crippen LogP contribution < -0.4 is 0 Å². The van der Waals surface area contributed by atoms with Crippen molar-refractivity contribution in [1.82, 2.24) is 0 Å². The largest absolute Gasteiger partial charge is 0.495 e. The van der Waals surface area contributed by atoms with E-state index < -0.39 is 34.0 Å². The summed E-state index contributed by atoms with van der Waals surface area (Å²) in [5.74, 6) is -0.0667. The van der Waals surface area contributed by atoms with Crippen molar-refractivity contribution in [3.8, 4) is 0 Å². The summed E-state index contributed by atoms with van der Waals surface area (Å²) in [7, 11) is -12.1. The predicted molar refractivity (Wildman–Crippen MR) is 548 cm³/mol. The van der Waals surface area contributed by atoms with Gasteiger partial charge < -0.3 is 16.8 Å². The van der Waals surface area contributed by atoms with Crippen molar-refractivity contribution in [3.05, 3.63) is 0 Å². The van der Waals surface area contributed by atoms with Crippen LogP contribution in [0.25, 0.3) is 0 Å². The van der Waals surface area contributed by atoms with E-state index in [2.05, 4.69) is 62.3 Å². The molecule has 0 rings (SSSR count). The van der Waals surface area contributed by atoms with E-state index in [0.717, 1.165) is 49.1 Å². The highest BCUT2D eigenvalue weighted by molar-refractivity contribution is 6.91. The first-order chi connectivity index (χ1) is 58.6. The first kappa shape index (κ1) is 119. The van der Waals surface area contributed by atoms with Crippen LogP contribution >= 0.6 is 0 Å². The molecule has 0 aromatic carbocycles. The summed E-state index contributed by atoms with van der Waals surface area (Å²) in [5.41, 5.74) is 0. The van der Waals surface area contributed by atoms with Gasteiger partial charge in [0.2, 0.25) is 0 Å². The Morgan fingerprint density at radius 1 is 0.143 bits per heavy atom. The lowest BCUT2D eigenvalue weighted by Gasteiger charge is -2.49. The van der Waals surface area contributed by atoms with Gasteiger partial charge in [0.25, 0.3) is 5.97 Å². The number of carbonyl (C=O) groups excluding carboxylic acids is 1. The maximum atomic E-state index is 14.7. The minimum Gasteiger partial charge on any atom is -0.495 e. The van der Waals surface area contributed by atoms with Crippen LogP contribution in [0.3, 0.4) is 0 Å².